The summed E-state index contributed by atoms with van der Waals surface area (Å²) in [4.78, 5) is 37.4. The minimum Gasteiger partial charge on any atom is -0.368 e. The fourth-order valence-corrected chi connectivity index (χ4v) is 2.90. The number of amides is 4. The predicted molar refractivity (Wildman–Crippen MR) is 104 cm³/mol. The fourth-order valence-electron chi connectivity index (χ4n) is 2.90. The highest BCUT2D eigenvalue weighted by atomic mass is 19.1. The summed E-state index contributed by atoms with van der Waals surface area (Å²) in [5, 5.41) is 4.80. The van der Waals surface area contributed by atoms with E-state index in [0.717, 1.165) is 11.1 Å². The Morgan fingerprint density at radius 1 is 1.14 bits per heavy atom. The van der Waals surface area contributed by atoms with Crippen molar-refractivity contribution < 1.29 is 18.8 Å². The highest BCUT2D eigenvalue weighted by Crippen LogP contribution is 2.20. The van der Waals surface area contributed by atoms with Crippen LogP contribution in [0.25, 0.3) is 0 Å². The number of anilines is 1. The molecule has 0 saturated heterocycles. The summed E-state index contributed by atoms with van der Waals surface area (Å²) in [5.41, 5.74) is 8.23. The second kappa shape index (κ2) is 9.09. The number of carbonyl (C=O) groups excluding carboxylic acids is 3. The van der Waals surface area contributed by atoms with Crippen molar-refractivity contribution in [2.24, 2.45) is 5.73 Å². The Hall–Kier alpha value is -3.26. The Labute approximate surface area is 162 Å². The lowest BCUT2D eigenvalue weighted by Gasteiger charge is -2.25. The Morgan fingerprint density at radius 3 is 2.46 bits per heavy atom. The van der Waals surface area contributed by atoms with Crippen molar-refractivity contribution in [3.8, 4) is 0 Å². The molecule has 4 amide bonds. The molecule has 0 spiro atoms. The molecular formula is C20H23FN4O3. The molecule has 0 bridgehead atoms. The number of urea groups is 1. The maximum absolute atomic E-state index is 13.5. The first kappa shape index (κ1) is 21.0. The van der Waals surface area contributed by atoms with Gasteiger partial charge in [0.2, 0.25) is 11.8 Å². The average molecular weight is 386 g/mol. The lowest BCUT2D eigenvalue weighted by molar-refractivity contribution is -0.125. The summed E-state index contributed by atoms with van der Waals surface area (Å²) in [5.74, 6) is -1.89. The molecule has 2 aromatic rings. The van der Waals surface area contributed by atoms with Crippen LogP contribution in [0.2, 0.25) is 0 Å². The van der Waals surface area contributed by atoms with E-state index in [1.165, 1.54) is 30.1 Å². The van der Waals surface area contributed by atoms with Crippen molar-refractivity contribution >= 4 is 23.5 Å². The Bertz CT molecular complexity index is 901. The molecule has 0 aliphatic heterocycles. The van der Waals surface area contributed by atoms with Gasteiger partial charge in [-0.2, -0.15) is 0 Å². The number of hydrogen-bond donors (Lipinski definition) is 3. The van der Waals surface area contributed by atoms with Gasteiger partial charge in [-0.3, -0.25) is 19.8 Å². The number of hydrogen-bond acceptors (Lipinski definition) is 4. The average Bonchev–Trinajstić information content (AvgIpc) is 2.57. The third-order valence-corrected chi connectivity index (χ3v) is 4.15. The number of nitrogens with zero attached hydrogens (tertiary/aromatic N) is 1. The molecule has 0 aliphatic carbocycles. The smallest absolute Gasteiger partial charge is 0.325 e. The van der Waals surface area contributed by atoms with Crippen LogP contribution in [0.15, 0.2) is 42.5 Å². The predicted octanol–water partition coefficient (Wildman–Crippen LogP) is 2.25. The number of primary amides is 1. The molecule has 28 heavy (non-hydrogen) atoms. The van der Waals surface area contributed by atoms with Crippen LogP contribution in [-0.2, 0) is 9.59 Å². The minimum atomic E-state index is -1.01. The number of likely N-dealkylation sites (N-methyl/N-ethyl adjacent to an activating group) is 1. The molecule has 2 rings (SSSR count). The summed E-state index contributed by atoms with van der Waals surface area (Å²) in [6.07, 6.45) is 0. The Morgan fingerprint density at radius 2 is 1.86 bits per heavy atom. The molecule has 0 heterocycles. The zero-order valence-electron chi connectivity index (χ0n) is 16.0. The molecular weight excluding hydrogens is 363 g/mol. The number of aryl methyl sites for hydroxylation is 2. The SMILES string of the molecule is Cc1ccc(NC(=O)NC(=O)CN(C)C(C(N)=O)c2cccc(F)c2)c(C)c1. The van der Waals surface area contributed by atoms with E-state index in [9.17, 15) is 18.8 Å². The van der Waals surface area contributed by atoms with Crippen LogP contribution in [0.3, 0.4) is 0 Å². The van der Waals surface area contributed by atoms with E-state index < -0.39 is 29.7 Å². The van der Waals surface area contributed by atoms with Crippen LogP contribution in [0.1, 0.15) is 22.7 Å². The molecule has 8 heteroatoms. The lowest BCUT2D eigenvalue weighted by Crippen LogP contribution is -2.44. The molecule has 0 saturated carbocycles. The van der Waals surface area contributed by atoms with Crippen molar-refractivity contribution in [1.29, 1.82) is 0 Å². The standard InChI is InChI=1S/C20H23FN4O3/c1-12-7-8-16(13(2)9-12)23-20(28)24-17(26)11-25(3)18(19(22)27)14-5-4-6-15(21)10-14/h4-10,18H,11H2,1-3H3,(H2,22,27)(H2,23,24,26,28). The van der Waals surface area contributed by atoms with Crippen LogP contribution in [0, 0.1) is 19.7 Å². The van der Waals surface area contributed by atoms with Crippen LogP contribution < -0.4 is 16.4 Å². The summed E-state index contributed by atoms with van der Waals surface area (Å²) >= 11 is 0. The van der Waals surface area contributed by atoms with Gasteiger partial charge in [0.25, 0.3) is 0 Å². The number of carbonyl (C=O) groups is 3. The van der Waals surface area contributed by atoms with Gasteiger partial charge in [-0.05, 0) is 50.2 Å². The first-order chi connectivity index (χ1) is 13.2. The lowest BCUT2D eigenvalue weighted by atomic mass is 10.0. The molecule has 0 fully saturated rings. The topological polar surface area (TPSA) is 105 Å². The van der Waals surface area contributed by atoms with E-state index >= 15 is 0 Å². The van der Waals surface area contributed by atoms with Gasteiger partial charge in [-0.25, -0.2) is 9.18 Å². The molecule has 148 valence electrons. The third-order valence-electron chi connectivity index (χ3n) is 4.15. The molecule has 0 aliphatic rings. The summed E-state index contributed by atoms with van der Waals surface area (Å²) in [6, 6.07) is 9.20. The molecule has 0 radical (unpaired) electrons. The van der Waals surface area contributed by atoms with Gasteiger partial charge in [0.15, 0.2) is 0 Å². The van der Waals surface area contributed by atoms with E-state index in [1.54, 1.807) is 12.1 Å². The van der Waals surface area contributed by atoms with E-state index in [-0.39, 0.29) is 6.54 Å². The quantitative estimate of drug-likeness (QED) is 0.708. The minimum absolute atomic E-state index is 0.287. The third kappa shape index (κ3) is 5.62. The largest absolute Gasteiger partial charge is 0.368 e. The monoisotopic (exact) mass is 386 g/mol. The molecule has 1 unspecified atom stereocenters. The number of rotatable bonds is 6. The number of imide groups is 1. The van der Waals surface area contributed by atoms with Gasteiger partial charge in [0.1, 0.15) is 11.9 Å². The zero-order chi connectivity index (χ0) is 20.8. The maximum Gasteiger partial charge on any atom is 0.325 e. The van der Waals surface area contributed by atoms with Crippen LogP contribution in [0.5, 0.6) is 0 Å². The summed E-state index contributed by atoms with van der Waals surface area (Å²) < 4.78 is 13.5. The number of benzene rings is 2. The molecule has 0 aromatic heterocycles. The molecule has 2 aromatic carbocycles. The van der Waals surface area contributed by atoms with E-state index in [0.29, 0.717) is 11.3 Å². The molecule has 1 atom stereocenters. The number of nitrogens with one attached hydrogen (secondary N) is 2. The second-order valence-corrected chi connectivity index (χ2v) is 6.60. The molecule has 4 N–H and O–H groups in total. The van der Waals surface area contributed by atoms with Gasteiger partial charge in [-0.1, -0.05) is 29.8 Å². The van der Waals surface area contributed by atoms with E-state index in [2.05, 4.69) is 10.6 Å². The normalized spacial score (nSPS) is 11.8. The summed E-state index contributed by atoms with van der Waals surface area (Å²) in [6.45, 7) is 3.49. The van der Waals surface area contributed by atoms with Crippen LogP contribution >= 0.6 is 0 Å². The number of nitrogens with two attached hydrogens (primary N) is 1. The fraction of sp³-hybridized carbons (Fsp3) is 0.250. The van der Waals surface area contributed by atoms with Crippen molar-refractivity contribution in [3.63, 3.8) is 0 Å². The van der Waals surface area contributed by atoms with Crippen molar-refractivity contribution in [2.45, 2.75) is 19.9 Å². The van der Waals surface area contributed by atoms with Crippen LogP contribution in [0.4, 0.5) is 14.9 Å². The number of halogens is 1. The van der Waals surface area contributed by atoms with Gasteiger partial charge in [0, 0.05) is 5.69 Å². The first-order valence-electron chi connectivity index (χ1n) is 8.60. The van der Waals surface area contributed by atoms with Gasteiger partial charge >= 0.3 is 6.03 Å². The highest BCUT2D eigenvalue weighted by molar-refractivity contribution is 6.02. The summed E-state index contributed by atoms with van der Waals surface area (Å²) in [7, 11) is 1.49. The maximum atomic E-state index is 13.5. The van der Waals surface area contributed by atoms with Crippen molar-refractivity contribution in [1.82, 2.24) is 10.2 Å². The van der Waals surface area contributed by atoms with Gasteiger partial charge in [0.05, 0.1) is 6.54 Å². The Kier molecular flexibility index (Phi) is 6.84. The van der Waals surface area contributed by atoms with Gasteiger partial charge < -0.3 is 11.1 Å². The van der Waals surface area contributed by atoms with Gasteiger partial charge in [-0.15, -0.1) is 0 Å². The van der Waals surface area contributed by atoms with E-state index in [4.69, 9.17) is 5.73 Å². The second-order valence-electron chi connectivity index (χ2n) is 6.60. The Balaban J connectivity index is 2.00. The first-order valence-corrected chi connectivity index (χ1v) is 8.60. The van der Waals surface area contributed by atoms with Crippen molar-refractivity contribution in [2.75, 3.05) is 18.9 Å². The van der Waals surface area contributed by atoms with Crippen LogP contribution in [-0.4, -0.2) is 36.3 Å². The highest BCUT2D eigenvalue weighted by Gasteiger charge is 2.25. The zero-order valence-corrected chi connectivity index (χ0v) is 16.0. The van der Waals surface area contributed by atoms with E-state index in [1.807, 2.05) is 26.0 Å². The molecule has 7 nitrogen and oxygen atoms in total. The van der Waals surface area contributed by atoms with Crippen molar-refractivity contribution in [3.05, 3.63) is 65.0 Å².